The summed E-state index contributed by atoms with van der Waals surface area (Å²) in [4.78, 5) is 4.48. The summed E-state index contributed by atoms with van der Waals surface area (Å²) in [5.74, 6) is 0. The van der Waals surface area contributed by atoms with Crippen LogP contribution in [0.25, 0.3) is 0 Å². The fraction of sp³-hybridized carbons (Fsp3) is 0.700. The smallest absolute Gasteiger partial charge is 0.170 e. The number of aliphatic hydroxyl groups excluding tert-OH is 1. The SMILES string of the molecule is CCOC(CN(Cc1ccccc1)CC(O)CN1CCOCC1)OCC. The van der Waals surface area contributed by atoms with Gasteiger partial charge >= 0.3 is 0 Å². The van der Waals surface area contributed by atoms with Gasteiger partial charge in [-0.1, -0.05) is 30.3 Å². The highest BCUT2D eigenvalue weighted by atomic mass is 16.7. The molecule has 1 N–H and O–H groups in total. The van der Waals surface area contributed by atoms with E-state index in [1.165, 1.54) is 5.56 Å². The van der Waals surface area contributed by atoms with Crippen molar-refractivity contribution in [3.05, 3.63) is 35.9 Å². The minimum absolute atomic E-state index is 0.274. The molecule has 1 saturated heterocycles. The third-order valence-corrected chi connectivity index (χ3v) is 4.40. The topological polar surface area (TPSA) is 54.4 Å². The van der Waals surface area contributed by atoms with Crippen molar-refractivity contribution in [1.82, 2.24) is 9.80 Å². The lowest BCUT2D eigenvalue weighted by Crippen LogP contribution is -2.46. The summed E-state index contributed by atoms with van der Waals surface area (Å²) in [6.07, 6.45) is -0.690. The molecule has 1 atom stereocenters. The normalized spacial score (nSPS) is 17.1. The molecule has 1 aliphatic rings. The molecule has 1 aromatic rings. The molecule has 0 saturated carbocycles. The molecule has 0 bridgehead atoms. The number of nitrogens with zero attached hydrogens (tertiary/aromatic N) is 2. The fourth-order valence-electron chi connectivity index (χ4n) is 3.22. The lowest BCUT2D eigenvalue weighted by molar-refractivity contribution is -0.150. The second-order valence-corrected chi connectivity index (χ2v) is 6.59. The average molecular weight is 367 g/mol. The molecule has 1 aliphatic heterocycles. The predicted octanol–water partition coefficient (Wildman–Crippen LogP) is 1.58. The molecule has 0 radical (unpaired) electrons. The van der Waals surface area contributed by atoms with Crippen LogP contribution in [0.1, 0.15) is 19.4 Å². The van der Waals surface area contributed by atoms with E-state index < -0.39 is 6.10 Å². The van der Waals surface area contributed by atoms with Gasteiger partial charge in [0.05, 0.1) is 19.3 Å². The Balaban J connectivity index is 1.93. The third-order valence-electron chi connectivity index (χ3n) is 4.40. The summed E-state index contributed by atoms with van der Waals surface area (Å²) in [7, 11) is 0. The van der Waals surface area contributed by atoms with E-state index in [2.05, 4.69) is 21.9 Å². The first-order valence-corrected chi connectivity index (χ1v) is 9.68. The molecule has 0 amide bonds. The lowest BCUT2D eigenvalue weighted by atomic mass is 10.2. The lowest BCUT2D eigenvalue weighted by Gasteiger charge is -2.32. The van der Waals surface area contributed by atoms with Crippen LogP contribution in [0.3, 0.4) is 0 Å². The monoisotopic (exact) mass is 366 g/mol. The Kier molecular flexibility index (Phi) is 10.1. The van der Waals surface area contributed by atoms with Gasteiger partial charge < -0.3 is 19.3 Å². The van der Waals surface area contributed by atoms with Gasteiger partial charge in [0.15, 0.2) is 6.29 Å². The molecular formula is C20H34N2O4. The number of hydrogen-bond donors (Lipinski definition) is 1. The van der Waals surface area contributed by atoms with Crippen LogP contribution >= 0.6 is 0 Å². The van der Waals surface area contributed by atoms with E-state index in [0.717, 1.165) is 32.8 Å². The number of rotatable bonds is 12. The number of ether oxygens (including phenoxy) is 3. The van der Waals surface area contributed by atoms with Crippen molar-refractivity contribution in [2.75, 3.05) is 59.2 Å². The molecule has 1 fully saturated rings. The van der Waals surface area contributed by atoms with E-state index in [9.17, 15) is 5.11 Å². The molecule has 6 heteroatoms. The van der Waals surface area contributed by atoms with E-state index in [0.29, 0.717) is 32.8 Å². The van der Waals surface area contributed by atoms with Crippen LogP contribution in [0, 0.1) is 0 Å². The quantitative estimate of drug-likeness (QED) is 0.567. The molecule has 0 spiro atoms. The van der Waals surface area contributed by atoms with E-state index in [1.54, 1.807) is 0 Å². The van der Waals surface area contributed by atoms with Gasteiger partial charge in [0.25, 0.3) is 0 Å². The molecule has 2 rings (SSSR count). The Labute approximate surface area is 157 Å². The summed E-state index contributed by atoms with van der Waals surface area (Å²) in [5.41, 5.74) is 1.22. The Morgan fingerprint density at radius 3 is 2.35 bits per heavy atom. The Morgan fingerprint density at radius 1 is 1.08 bits per heavy atom. The Morgan fingerprint density at radius 2 is 1.73 bits per heavy atom. The van der Waals surface area contributed by atoms with E-state index in [1.807, 2.05) is 32.0 Å². The molecule has 0 aromatic heterocycles. The first-order chi connectivity index (χ1) is 12.7. The Bertz CT molecular complexity index is 462. The van der Waals surface area contributed by atoms with Gasteiger partial charge in [-0.25, -0.2) is 0 Å². The van der Waals surface area contributed by atoms with Crippen LogP contribution in [0.15, 0.2) is 30.3 Å². The van der Waals surface area contributed by atoms with Crippen molar-refractivity contribution in [2.24, 2.45) is 0 Å². The molecule has 1 heterocycles. The molecule has 0 aliphatic carbocycles. The highest BCUT2D eigenvalue weighted by Gasteiger charge is 2.20. The maximum absolute atomic E-state index is 10.6. The summed E-state index contributed by atoms with van der Waals surface area (Å²) < 4.78 is 16.8. The predicted molar refractivity (Wildman–Crippen MR) is 102 cm³/mol. The zero-order valence-electron chi connectivity index (χ0n) is 16.2. The number of morpholine rings is 1. The van der Waals surface area contributed by atoms with Crippen LogP contribution in [0.4, 0.5) is 0 Å². The first-order valence-electron chi connectivity index (χ1n) is 9.68. The van der Waals surface area contributed by atoms with Crippen molar-refractivity contribution in [2.45, 2.75) is 32.8 Å². The van der Waals surface area contributed by atoms with Gasteiger partial charge in [-0.2, -0.15) is 0 Å². The minimum Gasteiger partial charge on any atom is -0.390 e. The van der Waals surface area contributed by atoms with Crippen LogP contribution in [-0.2, 0) is 20.8 Å². The molecule has 1 aromatic carbocycles. The van der Waals surface area contributed by atoms with Crippen LogP contribution in [0.2, 0.25) is 0 Å². The average Bonchev–Trinajstić information content (AvgIpc) is 2.63. The number of aliphatic hydroxyl groups is 1. The Hall–Kier alpha value is -1.02. The fourth-order valence-corrected chi connectivity index (χ4v) is 3.22. The molecule has 26 heavy (non-hydrogen) atoms. The van der Waals surface area contributed by atoms with Crippen molar-refractivity contribution in [3.8, 4) is 0 Å². The van der Waals surface area contributed by atoms with Crippen LogP contribution in [0.5, 0.6) is 0 Å². The van der Waals surface area contributed by atoms with Gasteiger partial charge in [-0.05, 0) is 19.4 Å². The zero-order chi connectivity index (χ0) is 18.6. The summed E-state index contributed by atoms with van der Waals surface area (Å²) >= 11 is 0. The summed E-state index contributed by atoms with van der Waals surface area (Å²) in [5, 5.41) is 10.6. The van der Waals surface area contributed by atoms with Crippen LogP contribution < -0.4 is 0 Å². The van der Waals surface area contributed by atoms with Crippen molar-refractivity contribution in [1.29, 1.82) is 0 Å². The van der Waals surface area contributed by atoms with Crippen molar-refractivity contribution >= 4 is 0 Å². The number of benzene rings is 1. The standard InChI is InChI=1S/C20H34N2O4/c1-3-25-20(26-4-2)17-22(14-18-8-6-5-7-9-18)16-19(23)15-21-10-12-24-13-11-21/h5-9,19-20,23H,3-4,10-17H2,1-2H3. The molecular weight excluding hydrogens is 332 g/mol. The molecule has 148 valence electrons. The van der Waals surface area contributed by atoms with E-state index >= 15 is 0 Å². The maximum atomic E-state index is 10.6. The van der Waals surface area contributed by atoms with Gasteiger partial charge in [0, 0.05) is 52.5 Å². The second kappa shape index (κ2) is 12.4. The van der Waals surface area contributed by atoms with E-state index in [-0.39, 0.29) is 6.29 Å². The first kappa shape index (κ1) is 21.3. The van der Waals surface area contributed by atoms with Gasteiger partial charge in [-0.15, -0.1) is 0 Å². The van der Waals surface area contributed by atoms with Gasteiger partial charge in [-0.3, -0.25) is 9.80 Å². The molecule has 6 nitrogen and oxygen atoms in total. The highest BCUT2D eigenvalue weighted by Crippen LogP contribution is 2.09. The molecule has 1 unspecified atom stereocenters. The number of hydrogen-bond acceptors (Lipinski definition) is 6. The van der Waals surface area contributed by atoms with Crippen molar-refractivity contribution in [3.63, 3.8) is 0 Å². The van der Waals surface area contributed by atoms with Gasteiger partial charge in [0.2, 0.25) is 0 Å². The minimum atomic E-state index is -0.416. The second-order valence-electron chi connectivity index (χ2n) is 6.59. The summed E-state index contributed by atoms with van der Waals surface area (Å²) in [6.45, 7) is 11.1. The van der Waals surface area contributed by atoms with Crippen molar-refractivity contribution < 1.29 is 19.3 Å². The number of β-amino-alcohol motifs (C(OH)–C–C–N with tert-alkyl or cyclic N) is 1. The third kappa shape index (κ3) is 8.12. The summed E-state index contributed by atoms with van der Waals surface area (Å²) in [6, 6.07) is 10.3. The van der Waals surface area contributed by atoms with Gasteiger partial charge in [0.1, 0.15) is 0 Å². The van der Waals surface area contributed by atoms with E-state index in [4.69, 9.17) is 14.2 Å². The maximum Gasteiger partial charge on any atom is 0.170 e. The largest absolute Gasteiger partial charge is 0.390 e. The van der Waals surface area contributed by atoms with Crippen LogP contribution in [-0.4, -0.2) is 86.5 Å². The zero-order valence-corrected chi connectivity index (χ0v) is 16.2. The highest BCUT2D eigenvalue weighted by molar-refractivity contribution is 5.14.